The maximum atomic E-state index is 12.2. The first kappa shape index (κ1) is 11.0. The van der Waals surface area contributed by atoms with Crippen molar-refractivity contribution in [2.75, 3.05) is 7.11 Å². The summed E-state index contributed by atoms with van der Waals surface area (Å²) in [5.41, 5.74) is 2.33. The van der Waals surface area contributed by atoms with Crippen LogP contribution < -0.4 is 5.69 Å². The van der Waals surface area contributed by atoms with Gasteiger partial charge in [0.05, 0.1) is 23.3 Å². The van der Waals surface area contributed by atoms with Crippen molar-refractivity contribution in [3.63, 3.8) is 0 Å². The second-order valence-electron chi connectivity index (χ2n) is 4.22. The third-order valence-electron chi connectivity index (χ3n) is 3.06. The summed E-state index contributed by atoms with van der Waals surface area (Å²) in [6, 6.07) is 9.69. The lowest BCUT2D eigenvalue weighted by Gasteiger charge is -2.05. The van der Waals surface area contributed by atoms with Crippen LogP contribution in [0.2, 0.25) is 0 Å². The number of ether oxygens (including phenoxy) is 1. The molecule has 0 saturated carbocycles. The Morgan fingerprint density at radius 1 is 1.28 bits per heavy atom. The van der Waals surface area contributed by atoms with E-state index in [4.69, 9.17) is 4.74 Å². The number of nitrogens with zero attached hydrogens (tertiary/aromatic N) is 3. The fourth-order valence-electron chi connectivity index (χ4n) is 2.21. The van der Waals surface area contributed by atoms with E-state index in [2.05, 4.69) is 5.10 Å². The van der Waals surface area contributed by atoms with Crippen molar-refractivity contribution in [3.8, 4) is 0 Å². The lowest BCUT2D eigenvalue weighted by atomic mass is 10.2. The molecule has 5 heteroatoms. The summed E-state index contributed by atoms with van der Waals surface area (Å²) in [5.74, 6) is 0. The number of rotatable bonds is 2. The van der Waals surface area contributed by atoms with Crippen molar-refractivity contribution < 1.29 is 4.74 Å². The van der Waals surface area contributed by atoms with Gasteiger partial charge in [0.25, 0.3) is 0 Å². The summed E-state index contributed by atoms with van der Waals surface area (Å²) in [5, 5.41) is 5.28. The molecular formula is C13H13N3O2. The van der Waals surface area contributed by atoms with Crippen molar-refractivity contribution in [1.82, 2.24) is 14.2 Å². The summed E-state index contributed by atoms with van der Waals surface area (Å²) in [4.78, 5) is 12.2. The number of para-hydroxylation sites is 1. The molecule has 0 atom stereocenters. The predicted molar refractivity (Wildman–Crippen MR) is 68.7 cm³/mol. The van der Waals surface area contributed by atoms with Crippen molar-refractivity contribution in [1.29, 1.82) is 0 Å². The molecule has 18 heavy (non-hydrogen) atoms. The zero-order valence-corrected chi connectivity index (χ0v) is 10.3. The largest absolute Gasteiger partial charge is 0.378 e. The molecule has 5 nitrogen and oxygen atoms in total. The fourth-order valence-corrected chi connectivity index (χ4v) is 2.21. The zero-order valence-electron chi connectivity index (χ0n) is 10.3. The fraction of sp³-hybridized carbons (Fsp3) is 0.231. The number of aryl methyl sites for hydroxylation is 1. The maximum Gasteiger partial charge on any atom is 0.349 e. The van der Waals surface area contributed by atoms with Crippen LogP contribution in [0.3, 0.4) is 0 Å². The van der Waals surface area contributed by atoms with E-state index in [9.17, 15) is 4.79 Å². The number of methoxy groups -OCH3 is 1. The second-order valence-corrected chi connectivity index (χ2v) is 4.22. The van der Waals surface area contributed by atoms with Crippen LogP contribution in [0.25, 0.3) is 16.4 Å². The summed E-state index contributed by atoms with van der Waals surface area (Å²) in [7, 11) is 3.36. The van der Waals surface area contributed by atoms with E-state index >= 15 is 0 Å². The van der Waals surface area contributed by atoms with E-state index in [0.717, 1.165) is 22.1 Å². The molecule has 0 spiro atoms. The minimum Gasteiger partial charge on any atom is -0.378 e. The van der Waals surface area contributed by atoms with E-state index in [1.165, 1.54) is 4.52 Å². The summed E-state index contributed by atoms with van der Waals surface area (Å²) in [6.45, 7) is 0.402. The Kier molecular flexibility index (Phi) is 2.41. The molecule has 3 rings (SSSR count). The van der Waals surface area contributed by atoms with E-state index in [1.54, 1.807) is 18.7 Å². The molecule has 0 N–H and O–H groups in total. The highest BCUT2D eigenvalue weighted by molar-refractivity contribution is 5.93. The van der Waals surface area contributed by atoms with Gasteiger partial charge in [-0.1, -0.05) is 18.2 Å². The van der Waals surface area contributed by atoms with Gasteiger partial charge >= 0.3 is 5.69 Å². The Hall–Kier alpha value is -2.14. The maximum absolute atomic E-state index is 12.2. The number of hydrogen-bond donors (Lipinski definition) is 0. The first-order valence-corrected chi connectivity index (χ1v) is 5.67. The minimum absolute atomic E-state index is 0.147. The Morgan fingerprint density at radius 2 is 2.06 bits per heavy atom. The van der Waals surface area contributed by atoms with E-state index in [0.29, 0.717) is 6.61 Å². The van der Waals surface area contributed by atoms with Crippen LogP contribution in [0, 0.1) is 0 Å². The first-order chi connectivity index (χ1) is 8.72. The standard InChI is InChI=1S/C13H13N3O2/c1-15-11-6-4-3-5-10(11)12-7-9(8-18-2)14-16(12)13(15)17/h3-7H,8H2,1-2H3. The van der Waals surface area contributed by atoms with Gasteiger partial charge in [-0.3, -0.25) is 4.57 Å². The lowest BCUT2D eigenvalue weighted by Crippen LogP contribution is -2.25. The third-order valence-corrected chi connectivity index (χ3v) is 3.06. The Morgan fingerprint density at radius 3 is 2.83 bits per heavy atom. The average Bonchev–Trinajstić information content (AvgIpc) is 2.81. The molecule has 1 aromatic carbocycles. The molecule has 0 amide bonds. The normalized spacial score (nSPS) is 11.4. The molecule has 0 bridgehead atoms. The van der Waals surface area contributed by atoms with Gasteiger partial charge in [-0.15, -0.1) is 0 Å². The quantitative estimate of drug-likeness (QED) is 0.682. The summed E-state index contributed by atoms with van der Waals surface area (Å²) >= 11 is 0. The van der Waals surface area contributed by atoms with E-state index in [-0.39, 0.29) is 5.69 Å². The SMILES string of the molecule is COCc1cc2c3ccccc3n(C)c(=O)n2n1. The minimum atomic E-state index is -0.147. The van der Waals surface area contributed by atoms with Crippen LogP contribution in [-0.2, 0) is 18.4 Å². The highest BCUT2D eigenvalue weighted by Gasteiger charge is 2.10. The summed E-state index contributed by atoms with van der Waals surface area (Å²) in [6.07, 6.45) is 0. The van der Waals surface area contributed by atoms with Gasteiger partial charge in [-0.2, -0.15) is 9.61 Å². The van der Waals surface area contributed by atoms with Gasteiger partial charge in [-0.05, 0) is 12.1 Å². The van der Waals surface area contributed by atoms with Gasteiger partial charge in [0.2, 0.25) is 0 Å². The molecule has 2 aromatic heterocycles. The van der Waals surface area contributed by atoms with Gasteiger partial charge in [0.15, 0.2) is 0 Å². The van der Waals surface area contributed by atoms with Crippen LogP contribution >= 0.6 is 0 Å². The third kappa shape index (κ3) is 1.44. The van der Waals surface area contributed by atoms with E-state index < -0.39 is 0 Å². The van der Waals surface area contributed by atoms with Crippen LogP contribution in [-0.4, -0.2) is 21.3 Å². The van der Waals surface area contributed by atoms with E-state index in [1.807, 2.05) is 30.3 Å². The van der Waals surface area contributed by atoms with Crippen molar-refractivity contribution in [2.24, 2.45) is 7.05 Å². The van der Waals surface area contributed by atoms with Crippen LogP contribution in [0.15, 0.2) is 35.1 Å². The smallest absolute Gasteiger partial charge is 0.349 e. The van der Waals surface area contributed by atoms with Crippen LogP contribution in [0.4, 0.5) is 0 Å². The topological polar surface area (TPSA) is 48.5 Å². The molecule has 3 aromatic rings. The molecule has 0 radical (unpaired) electrons. The van der Waals surface area contributed by atoms with Crippen molar-refractivity contribution in [3.05, 3.63) is 46.5 Å². The number of hydrogen-bond acceptors (Lipinski definition) is 3. The molecule has 0 saturated heterocycles. The zero-order chi connectivity index (χ0) is 12.7. The number of aromatic nitrogens is 3. The Labute approximate surface area is 103 Å². The Bertz CT molecular complexity index is 786. The van der Waals surface area contributed by atoms with Crippen LogP contribution in [0.1, 0.15) is 5.69 Å². The Balaban J connectivity index is 2.49. The van der Waals surface area contributed by atoms with Crippen LogP contribution in [0.5, 0.6) is 0 Å². The molecule has 0 aliphatic heterocycles. The van der Waals surface area contributed by atoms with Gasteiger partial charge in [0.1, 0.15) is 0 Å². The molecule has 0 aliphatic rings. The van der Waals surface area contributed by atoms with Crippen molar-refractivity contribution in [2.45, 2.75) is 6.61 Å². The second kappa shape index (κ2) is 3.96. The summed E-state index contributed by atoms with van der Waals surface area (Å²) < 4.78 is 8.09. The number of benzene rings is 1. The van der Waals surface area contributed by atoms with Gasteiger partial charge in [-0.25, -0.2) is 4.79 Å². The molecule has 0 fully saturated rings. The molecule has 92 valence electrons. The highest BCUT2D eigenvalue weighted by atomic mass is 16.5. The highest BCUT2D eigenvalue weighted by Crippen LogP contribution is 2.18. The lowest BCUT2D eigenvalue weighted by molar-refractivity contribution is 0.181. The molecular weight excluding hydrogens is 230 g/mol. The molecule has 2 heterocycles. The molecule has 0 aliphatic carbocycles. The monoisotopic (exact) mass is 243 g/mol. The van der Waals surface area contributed by atoms with Crippen molar-refractivity contribution >= 4 is 16.4 Å². The predicted octanol–water partition coefficient (Wildman–Crippen LogP) is 1.33. The number of fused-ring (bicyclic) bond motifs is 3. The molecule has 0 unspecified atom stereocenters. The van der Waals surface area contributed by atoms with Gasteiger partial charge < -0.3 is 4.74 Å². The van der Waals surface area contributed by atoms with Gasteiger partial charge in [0, 0.05) is 19.5 Å². The first-order valence-electron chi connectivity index (χ1n) is 5.67. The average molecular weight is 243 g/mol.